The van der Waals surface area contributed by atoms with Crippen LogP contribution in [0.15, 0.2) is 89.7 Å². The Morgan fingerprint density at radius 2 is 1.77 bits per heavy atom. The Bertz CT molecular complexity index is 1500. The van der Waals surface area contributed by atoms with Gasteiger partial charge in [0.2, 0.25) is 0 Å². The number of benzene rings is 2. The van der Waals surface area contributed by atoms with E-state index in [4.69, 9.17) is 16.6 Å². The van der Waals surface area contributed by atoms with Crippen molar-refractivity contribution in [3.05, 3.63) is 112 Å². The molecule has 0 aliphatic carbocycles. The molecule has 9 heteroatoms. The second-order valence-electron chi connectivity index (χ2n) is 7.81. The van der Waals surface area contributed by atoms with E-state index in [1.807, 2.05) is 48.5 Å². The highest BCUT2D eigenvalue weighted by Crippen LogP contribution is 2.30. The van der Waals surface area contributed by atoms with Crippen LogP contribution in [0.3, 0.4) is 0 Å². The summed E-state index contributed by atoms with van der Waals surface area (Å²) in [5.41, 5.74) is 4.73. The van der Waals surface area contributed by atoms with Crippen LogP contribution in [0.1, 0.15) is 21.6 Å². The molecule has 0 spiro atoms. The van der Waals surface area contributed by atoms with Gasteiger partial charge in [-0.05, 0) is 45.3 Å². The molecule has 5 rings (SSSR count). The van der Waals surface area contributed by atoms with Crippen molar-refractivity contribution in [3.8, 4) is 11.3 Å². The van der Waals surface area contributed by atoms with Gasteiger partial charge in [-0.1, -0.05) is 60.1 Å². The largest absolute Gasteiger partial charge is 0.366 e. The SMILES string of the molecule is O=C(NCc1cccc(CNc2cc(-c3ccccc3Cl)nc3c(Br)cnn23)c1)c1ccccn1. The third-order valence-electron chi connectivity index (χ3n) is 5.39. The van der Waals surface area contributed by atoms with Gasteiger partial charge in [-0.25, -0.2) is 4.98 Å². The van der Waals surface area contributed by atoms with Gasteiger partial charge in [-0.2, -0.15) is 9.61 Å². The Morgan fingerprint density at radius 3 is 2.57 bits per heavy atom. The molecule has 3 aromatic heterocycles. The molecule has 1 amide bonds. The number of carbonyl (C=O) groups excluding carboxylic acids is 1. The molecule has 0 aliphatic heterocycles. The minimum Gasteiger partial charge on any atom is -0.366 e. The zero-order chi connectivity index (χ0) is 24.2. The van der Waals surface area contributed by atoms with E-state index >= 15 is 0 Å². The lowest BCUT2D eigenvalue weighted by Gasteiger charge is -2.12. The first-order valence-corrected chi connectivity index (χ1v) is 12.1. The normalized spacial score (nSPS) is 10.9. The molecule has 0 aliphatic rings. The standard InChI is InChI=1S/C26H20BrClN6O/c27-20-16-32-34-24(13-23(33-25(20)34)19-8-1-2-9-21(19)28)30-14-17-6-5-7-18(12-17)15-31-26(35)22-10-3-4-11-29-22/h1-13,16,30H,14-15H2,(H,31,35). The van der Waals surface area contributed by atoms with E-state index in [-0.39, 0.29) is 5.91 Å². The number of nitrogens with one attached hydrogen (secondary N) is 2. The minimum absolute atomic E-state index is 0.204. The number of halogens is 2. The number of rotatable bonds is 7. The second-order valence-corrected chi connectivity index (χ2v) is 9.07. The van der Waals surface area contributed by atoms with Crippen molar-refractivity contribution in [3.63, 3.8) is 0 Å². The zero-order valence-electron chi connectivity index (χ0n) is 18.5. The molecular formula is C26H20BrClN6O. The van der Waals surface area contributed by atoms with Gasteiger partial charge in [0.1, 0.15) is 11.5 Å². The fourth-order valence-electron chi connectivity index (χ4n) is 3.68. The predicted octanol–water partition coefficient (Wildman–Crippen LogP) is 5.75. The first-order valence-electron chi connectivity index (χ1n) is 10.9. The predicted molar refractivity (Wildman–Crippen MR) is 140 cm³/mol. The van der Waals surface area contributed by atoms with E-state index in [0.717, 1.165) is 32.7 Å². The molecule has 0 bridgehead atoms. The number of nitrogens with zero attached hydrogens (tertiary/aromatic N) is 4. The number of fused-ring (bicyclic) bond motifs is 1. The fraction of sp³-hybridized carbons (Fsp3) is 0.0769. The van der Waals surface area contributed by atoms with Gasteiger partial charge in [0.05, 0.1) is 16.4 Å². The van der Waals surface area contributed by atoms with Crippen molar-refractivity contribution in [2.75, 3.05) is 5.32 Å². The van der Waals surface area contributed by atoms with Crippen LogP contribution in [0.5, 0.6) is 0 Å². The third kappa shape index (κ3) is 5.18. The van der Waals surface area contributed by atoms with Crippen LogP contribution in [0.2, 0.25) is 5.02 Å². The summed E-state index contributed by atoms with van der Waals surface area (Å²) in [6, 6.07) is 22.9. The van der Waals surface area contributed by atoms with Gasteiger partial charge in [0, 0.05) is 35.9 Å². The van der Waals surface area contributed by atoms with Gasteiger partial charge in [0.15, 0.2) is 5.65 Å². The van der Waals surface area contributed by atoms with E-state index in [1.54, 1.807) is 35.1 Å². The van der Waals surface area contributed by atoms with E-state index in [9.17, 15) is 4.79 Å². The Morgan fingerprint density at radius 1 is 0.971 bits per heavy atom. The summed E-state index contributed by atoms with van der Waals surface area (Å²) in [4.78, 5) is 21.1. The number of pyridine rings is 1. The number of amides is 1. The zero-order valence-corrected chi connectivity index (χ0v) is 20.8. The van der Waals surface area contributed by atoms with Gasteiger partial charge in [0.25, 0.3) is 5.91 Å². The molecule has 0 radical (unpaired) electrons. The highest BCUT2D eigenvalue weighted by Gasteiger charge is 2.13. The van der Waals surface area contributed by atoms with Gasteiger partial charge < -0.3 is 10.6 Å². The van der Waals surface area contributed by atoms with Gasteiger partial charge in [-0.3, -0.25) is 9.78 Å². The van der Waals surface area contributed by atoms with Crippen LogP contribution in [0, 0.1) is 0 Å². The molecule has 7 nitrogen and oxygen atoms in total. The van der Waals surface area contributed by atoms with Gasteiger partial charge in [-0.15, -0.1) is 0 Å². The first-order chi connectivity index (χ1) is 17.1. The molecule has 2 aromatic carbocycles. The van der Waals surface area contributed by atoms with Crippen LogP contribution in [0.4, 0.5) is 5.82 Å². The fourth-order valence-corrected chi connectivity index (χ4v) is 4.26. The van der Waals surface area contributed by atoms with E-state index in [2.05, 4.69) is 42.7 Å². The highest BCUT2D eigenvalue weighted by molar-refractivity contribution is 9.10. The monoisotopic (exact) mass is 546 g/mol. The second kappa shape index (κ2) is 10.2. The van der Waals surface area contributed by atoms with Crippen molar-refractivity contribution in [2.45, 2.75) is 13.1 Å². The number of anilines is 1. The molecule has 5 aromatic rings. The summed E-state index contributed by atoms with van der Waals surface area (Å²) < 4.78 is 2.54. The lowest BCUT2D eigenvalue weighted by Crippen LogP contribution is -2.23. The molecule has 174 valence electrons. The van der Waals surface area contributed by atoms with E-state index in [1.165, 1.54) is 0 Å². The first kappa shape index (κ1) is 23.0. The summed E-state index contributed by atoms with van der Waals surface area (Å²) >= 11 is 9.96. The van der Waals surface area contributed by atoms with Crippen molar-refractivity contribution in [1.29, 1.82) is 0 Å². The van der Waals surface area contributed by atoms with E-state index < -0.39 is 0 Å². The highest BCUT2D eigenvalue weighted by atomic mass is 79.9. The van der Waals surface area contributed by atoms with Crippen LogP contribution < -0.4 is 10.6 Å². The maximum atomic E-state index is 12.3. The molecule has 35 heavy (non-hydrogen) atoms. The summed E-state index contributed by atoms with van der Waals surface area (Å²) in [5, 5.41) is 11.4. The summed E-state index contributed by atoms with van der Waals surface area (Å²) in [6.07, 6.45) is 3.32. The third-order valence-corrected chi connectivity index (χ3v) is 6.28. The average Bonchev–Trinajstić information content (AvgIpc) is 3.27. The average molecular weight is 548 g/mol. The molecule has 2 N–H and O–H groups in total. The van der Waals surface area contributed by atoms with Crippen LogP contribution in [0.25, 0.3) is 16.9 Å². The molecule has 0 saturated heterocycles. The summed E-state index contributed by atoms with van der Waals surface area (Å²) in [5.74, 6) is 0.578. The lowest BCUT2D eigenvalue weighted by molar-refractivity contribution is 0.0946. The molecule has 0 fully saturated rings. The lowest BCUT2D eigenvalue weighted by atomic mass is 10.1. The van der Waals surface area contributed by atoms with E-state index in [0.29, 0.717) is 29.5 Å². The number of hydrogen-bond acceptors (Lipinski definition) is 5. The number of aromatic nitrogens is 4. The Balaban J connectivity index is 1.34. The van der Waals surface area contributed by atoms with Crippen LogP contribution in [-0.4, -0.2) is 25.5 Å². The Kier molecular flexibility index (Phi) is 6.74. The molecular weight excluding hydrogens is 528 g/mol. The molecule has 0 saturated carbocycles. The van der Waals surface area contributed by atoms with Crippen LogP contribution >= 0.6 is 27.5 Å². The molecule has 3 heterocycles. The molecule has 0 unspecified atom stereocenters. The topological polar surface area (TPSA) is 84.2 Å². The maximum absolute atomic E-state index is 12.3. The Labute approximate surface area is 215 Å². The minimum atomic E-state index is -0.204. The van der Waals surface area contributed by atoms with Crippen molar-refractivity contribution in [2.24, 2.45) is 0 Å². The summed E-state index contributed by atoms with van der Waals surface area (Å²) in [6.45, 7) is 0.964. The molecule has 0 atom stereocenters. The number of hydrogen-bond donors (Lipinski definition) is 2. The van der Waals surface area contributed by atoms with Crippen molar-refractivity contribution < 1.29 is 4.79 Å². The maximum Gasteiger partial charge on any atom is 0.270 e. The van der Waals surface area contributed by atoms with Crippen LogP contribution in [-0.2, 0) is 13.1 Å². The smallest absolute Gasteiger partial charge is 0.270 e. The summed E-state index contributed by atoms with van der Waals surface area (Å²) in [7, 11) is 0. The quantitative estimate of drug-likeness (QED) is 0.271. The van der Waals surface area contributed by atoms with Gasteiger partial charge >= 0.3 is 0 Å². The van der Waals surface area contributed by atoms with Crippen molar-refractivity contribution in [1.82, 2.24) is 24.9 Å². The number of carbonyl (C=O) groups is 1. The Hall–Kier alpha value is -3.75. The van der Waals surface area contributed by atoms with Crippen molar-refractivity contribution >= 4 is 44.9 Å².